The van der Waals surface area contributed by atoms with E-state index < -0.39 is 10.0 Å². The fourth-order valence-electron chi connectivity index (χ4n) is 4.62. The van der Waals surface area contributed by atoms with Crippen LogP contribution in [0.1, 0.15) is 54.9 Å². The van der Waals surface area contributed by atoms with Gasteiger partial charge in [-0.1, -0.05) is 67.9 Å². The number of benzene rings is 3. The van der Waals surface area contributed by atoms with Crippen molar-refractivity contribution in [2.24, 2.45) is 0 Å². The summed E-state index contributed by atoms with van der Waals surface area (Å²) in [5.41, 5.74) is 4.79. The molecule has 0 aliphatic carbocycles. The summed E-state index contributed by atoms with van der Waals surface area (Å²) in [5, 5.41) is 2.96. The molecule has 196 valence electrons. The number of anilines is 1. The molecule has 1 N–H and O–H groups in total. The number of carbonyl (C=O) groups is 1. The van der Waals surface area contributed by atoms with Gasteiger partial charge in [0.05, 0.1) is 10.6 Å². The lowest BCUT2D eigenvalue weighted by Gasteiger charge is -2.25. The predicted octanol–water partition coefficient (Wildman–Crippen LogP) is 5.23. The fraction of sp³-hybridized carbons (Fsp3) is 0.367. The number of nitrogens with zero attached hydrogens (tertiary/aromatic N) is 2. The molecule has 4 rings (SSSR count). The summed E-state index contributed by atoms with van der Waals surface area (Å²) in [7, 11) is -3.94. The van der Waals surface area contributed by atoms with Crippen LogP contribution in [0.15, 0.2) is 77.7 Å². The second-order valence-corrected chi connectivity index (χ2v) is 12.0. The van der Waals surface area contributed by atoms with Crippen LogP contribution in [0.4, 0.5) is 5.69 Å². The Labute approximate surface area is 221 Å². The smallest absolute Gasteiger partial charge is 0.264 e. The van der Waals surface area contributed by atoms with Crippen LogP contribution >= 0.6 is 0 Å². The van der Waals surface area contributed by atoms with Crippen molar-refractivity contribution in [3.63, 3.8) is 0 Å². The van der Waals surface area contributed by atoms with Crippen molar-refractivity contribution in [1.29, 1.82) is 0 Å². The highest BCUT2D eigenvalue weighted by Gasteiger charge is 2.27. The SMILES string of the molecule is Cc1ccc(S(=O)(=O)N(CC(=O)NCc2ccccc2CN2CCCC2)c2ccc(C(C)C)cc2)cc1. The Morgan fingerprint density at radius 3 is 2.16 bits per heavy atom. The minimum Gasteiger partial charge on any atom is -0.350 e. The molecule has 37 heavy (non-hydrogen) atoms. The molecule has 3 aromatic carbocycles. The number of hydrogen-bond donors (Lipinski definition) is 1. The zero-order valence-corrected chi connectivity index (χ0v) is 22.8. The minimum atomic E-state index is -3.94. The second-order valence-electron chi connectivity index (χ2n) is 10.1. The molecule has 7 heteroatoms. The molecule has 1 aliphatic rings. The van der Waals surface area contributed by atoms with Crippen LogP contribution < -0.4 is 9.62 Å². The minimum absolute atomic E-state index is 0.162. The summed E-state index contributed by atoms with van der Waals surface area (Å²) in [4.78, 5) is 15.7. The van der Waals surface area contributed by atoms with Crippen LogP contribution in [-0.4, -0.2) is 38.9 Å². The Bertz CT molecular complexity index is 1300. The van der Waals surface area contributed by atoms with Crippen LogP contribution in [0.5, 0.6) is 0 Å². The zero-order chi connectivity index (χ0) is 26.4. The van der Waals surface area contributed by atoms with Gasteiger partial charge in [-0.2, -0.15) is 0 Å². The van der Waals surface area contributed by atoms with E-state index in [4.69, 9.17) is 0 Å². The molecule has 1 saturated heterocycles. The predicted molar refractivity (Wildman–Crippen MR) is 149 cm³/mol. The molecule has 0 atom stereocenters. The van der Waals surface area contributed by atoms with Crippen LogP contribution in [0.3, 0.4) is 0 Å². The van der Waals surface area contributed by atoms with Gasteiger partial charge < -0.3 is 5.32 Å². The Morgan fingerprint density at radius 1 is 0.919 bits per heavy atom. The lowest BCUT2D eigenvalue weighted by molar-refractivity contribution is -0.119. The second kappa shape index (κ2) is 11.9. The van der Waals surface area contributed by atoms with Crippen molar-refractivity contribution < 1.29 is 13.2 Å². The Hall–Kier alpha value is -3.16. The van der Waals surface area contributed by atoms with Crippen molar-refractivity contribution >= 4 is 21.6 Å². The lowest BCUT2D eigenvalue weighted by atomic mass is 10.0. The Balaban J connectivity index is 1.53. The number of aryl methyl sites for hydroxylation is 1. The molecule has 1 fully saturated rings. The molecule has 0 aromatic heterocycles. The molecule has 0 radical (unpaired) electrons. The highest BCUT2D eigenvalue weighted by atomic mass is 32.2. The van der Waals surface area contributed by atoms with E-state index in [2.05, 4.69) is 30.1 Å². The first kappa shape index (κ1) is 26.9. The summed E-state index contributed by atoms with van der Waals surface area (Å²) in [5.74, 6) is -0.0280. The van der Waals surface area contributed by atoms with Gasteiger partial charge in [-0.25, -0.2) is 8.42 Å². The van der Waals surface area contributed by atoms with E-state index in [0.29, 0.717) is 18.2 Å². The first-order valence-corrected chi connectivity index (χ1v) is 14.4. The average Bonchev–Trinajstić information content (AvgIpc) is 3.40. The first-order chi connectivity index (χ1) is 17.7. The molecule has 3 aromatic rings. The van der Waals surface area contributed by atoms with E-state index in [-0.39, 0.29) is 17.3 Å². The number of sulfonamides is 1. The summed E-state index contributed by atoms with van der Waals surface area (Å²) >= 11 is 0. The van der Waals surface area contributed by atoms with Crippen molar-refractivity contribution in [1.82, 2.24) is 10.2 Å². The maximum atomic E-state index is 13.7. The third-order valence-corrected chi connectivity index (χ3v) is 8.72. The monoisotopic (exact) mass is 519 g/mol. The number of nitrogens with one attached hydrogen (secondary N) is 1. The number of likely N-dealkylation sites (tertiary alicyclic amines) is 1. The van der Waals surface area contributed by atoms with Crippen LogP contribution in [0.25, 0.3) is 0 Å². The van der Waals surface area contributed by atoms with Gasteiger partial charge in [0.25, 0.3) is 10.0 Å². The van der Waals surface area contributed by atoms with Gasteiger partial charge >= 0.3 is 0 Å². The standard InChI is InChI=1S/C30H37N3O3S/c1-23(2)25-12-14-28(15-13-25)33(37(35,36)29-16-10-24(3)11-17-29)22-30(34)31-20-26-8-4-5-9-27(26)21-32-18-6-7-19-32/h4-5,8-17,23H,6-7,18-22H2,1-3H3,(H,31,34). The van der Waals surface area contributed by atoms with Crippen LogP contribution in [0, 0.1) is 6.92 Å². The van der Waals surface area contributed by atoms with E-state index in [9.17, 15) is 13.2 Å². The summed E-state index contributed by atoms with van der Waals surface area (Å²) in [6, 6.07) is 22.2. The molecule has 0 unspecified atom stereocenters. The van der Waals surface area contributed by atoms with Crippen molar-refractivity contribution in [3.05, 3.63) is 95.1 Å². The van der Waals surface area contributed by atoms with Crippen molar-refractivity contribution in [2.75, 3.05) is 23.9 Å². The summed E-state index contributed by atoms with van der Waals surface area (Å²) in [6.07, 6.45) is 2.45. The molecule has 6 nitrogen and oxygen atoms in total. The van der Waals surface area contributed by atoms with E-state index in [1.807, 2.05) is 37.3 Å². The zero-order valence-electron chi connectivity index (χ0n) is 22.0. The summed E-state index contributed by atoms with van der Waals surface area (Å²) < 4.78 is 28.5. The van der Waals surface area contributed by atoms with Gasteiger partial charge in [-0.15, -0.1) is 0 Å². The third kappa shape index (κ3) is 6.79. The molecule has 0 bridgehead atoms. The van der Waals surface area contributed by atoms with E-state index in [1.54, 1.807) is 36.4 Å². The highest BCUT2D eigenvalue weighted by Crippen LogP contribution is 2.26. The first-order valence-electron chi connectivity index (χ1n) is 13.0. The van der Waals surface area contributed by atoms with E-state index >= 15 is 0 Å². The summed E-state index contributed by atoms with van der Waals surface area (Å²) in [6.45, 7) is 9.20. The number of carbonyl (C=O) groups excluding carboxylic acids is 1. The topological polar surface area (TPSA) is 69.7 Å². The molecule has 1 aliphatic heterocycles. The van der Waals surface area contributed by atoms with Crippen LogP contribution in [-0.2, 0) is 27.9 Å². The highest BCUT2D eigenvalue weighted by molar-refractivity contribution is 7.92. The van der Waals surface area contributed by atoms with Crippen molar-refractivity contribution in [2.45, 2.75) is 57.5 Å². The van der Waals surface area contributed by atoms with Gasteiger partial charge in [0, 0.05) is 13.1 Å². The van der Waals surface area contributed by atoms with E-state index in [0.717, 1.165) is 36.3 Å². The van der Waals surface area contributed by atoms with Gasteiger partial charge in [0.2, 0.25) is 5.91 Å². The van der Waals surface area contributed by atoms with Gasteiger partial charge in [-0.05, 0) is 79.7 Å². The number of rotatable bonds is 10. The average molecular weight is 520 g/mol. The molecule has 1 amide bonds. The molecular formula is C30H37N3O3S. The molecule has 0 spiro atoms. The number of hydrogen-bond acceptors (Lipinski definition) is 4. The molecule has 0 saturated carbocycles. The Morgan fingerprint density at radius 2 is 1.54 bits per heavy atom. The van der Waals surface area contributed by atoms with E-state index in [1.165, 1.54) is 22.7 Å². The maximum Gasteiger partial charge on any atom is 0.264 e. The van der Waals surface area contributed by atoms with Gasteiger partial charge in [0.15, 0.2) is 0 Å². The maximum absolute atomic E-state index is 13.7. The quantitative estimate of drug-likeness (QED) is 0.398. The molecular weight excluding hydrogens is 482 g/mol. The number of amides is 1. The van der Waals surface area contributed by atoms with Gasteiger partial charge in [-0.3, -0.25) is 14.0 Å². The third-order valence-electron chi connectivity index (χ3n) is 6.93. The fourth-order valence-corrected chi connectivity index (χ4v) is 6.04. The largest absolute Gasteiger partial charge is 0.350 e. The normalized spacial score (nSPS) is 14.2. The Kier molecular flexibility index (Phi) is 8.67. The van der Waals surface area contributed by atoms with Gasteiger partial charge in [0.1, 0.15) is 6.54 Å². The lowest BCUT2D eigenvalue weighted by Crippen LogP contribution is -2.40. The van der Waals surface area contributed by atoms with Crippen molar-refractivity contribution in [3.8, 4) is 0 Å². The van der Waals surface area contributed by atoms with Crippen LogP contribution in [0.2, 0.25) is 0 Å². The molecule has 1 heterocycles.